The summed E-state index contributed by atoms with van der Waals surface area (Å²) in [5.74, 6) is 1.15. The number of hydrogen-bond acceptors (Lipinski definition) is 1. The van der Waals surface area contributed by atoms with Gasteiger partial charge in [0.25, 0.3) is 0 Å². The van der Waals surface area contributed by atoms with E-state index in [-0.39, 0.29) is 0 Å². The number of imidazole rings is 1. The SMILES string of the molecule is Cc1cccc(CCc2nccn2C)c1C. The van der Waals surface area contributed by atoms with Crippen molar-refractivity contribution >= 4 is 0 Å². The number of benzene rings is 1. The Morgan fingerprint density at radius 2 is 2.00 bits per heavy atom. The van der Waals surface area contributed by atoms with Crippen LogP contribution in [0.15, 0.2) is 30.6 Å². The summed E-state index contributed by atoms with van der Waals surface area (Å²) in [6.07, 6.45) is 5.93. The number of hydrogen-bond donors (Lipinski definition) is 0. The molecule has 0 saturated carbocycles. The van der Waals surface area contributed by atoms with Crippen molar-refractivity contribution in [3.05, 3.63) is 53.1 Å². The molecular weight excluding hydrogens is 196 g/mol. The van der Waals surface area contributed by atoms with Gasteiger partial charge in [0.15, 0.2) is 0 Å². The van der Waals surface area contributed by atoms with Gasteiger partial charge in [0.1, 0.15) is 5.82 Å². The van der Waals surface area contributed by atoms with Crippen molar-refractivity contribution < 1.29 is 0 Å². The smallest absolute Gasteiger partial charge is 0.108 e. The molecule has 0 aliphatic heterocycles. The van der Waals surface area contributed by atoms with Crippen LogP contribution < -0.4 is 0 Å². The van der Waals surface area contributed by atoms with Crippen LogP contribution in [-0.2, 0) is 19.9 Å². The minimum atomic E-state index is 1.01. The van der Waals surface area contributed by atoms with Gasteiger partial charge >= 0.3 is 0 Å². The van der Waals surface area contributed by atoms with E-state index in [0.717, 1.165) is 18.7 Å². The molecule has 2 nitrogen and oxygen atoms in total. The quantitative estimate of drug-likeness (QED) is 0.768. The second-order valence-electron chi connectivity index (χ2n) is 4.31. The van der Waals surface area contributed by atoms with Gasteiger partial charge in [0.2, 0.25) is 0 Å². The minimum Gasteiger partial charge on any atom is -0.338 e. The molecule has 0 aliphatic carbocycles. The van der Waals surface area contributed by atoms with E-state index in [4.69, 9.17) is 0 Å². The highest BCUT2D eigenvalue weighted by Crippen LogP contribution is 2.14. The van der Waals surface area contributed by atoms with Crippen LogP contribution in [0.5, 0.6) is 0 Å². The van der Waals surface area contributed by atoms with E-state index < -0.39 is 0 Å². The highest BCUT2D eigenvalue weighted by atomic mass is 15.0. The molecule has 1 aromatic carbocycles. The molecule has 2 rings (SSSR count). The Bertz CT molecular complexity index is 483. The zero-order valence-corrected chi connectivity index (χ0v) is 10.2. The summed E-state index contributed by atoms with van der Waals surface area (Å²) < 4.78 is 2.09. The van der Waals surface area contributed by atoms with Crippen molar-refractivity contribution in [2.24, 2.45) is 7.05 Å². The molecule has 1 aromatic heterocycles. The summed E-state index contributed by atoms with van der Waals surface area (Å²) in [5.41, 5.74) is 4.22. The Kier molecular flexibility index (Phi) is 3.09. The fraction of sp³-hybridized carbons (Fsp3) is 0.357. The van der Waals surface area contributed by atoms with Gasteiger partial charge in [-0.3, -0.25) is 0 Å². The predicted molar refractivity (Wildman–Crippen MR) is 66.5 cm³/mol. The van der Waals surface area contributed by atoms with Crippen LogP contribution >= 0.6 is 0 Å². The topological polar surface area (TPSA) is 17.8 Å². The van der Waals surface area contributed by atoms with Gasteiger partial charge < -0.3 is 4.57 Å². The summed E-state index contributed by atoms with van der Waals surface area (Å²) >= 11 is 0. The fourth-order valence-electron chi connectivity index (χ4n) is 1.97. The molecule has 0 amide bonds. The molecule has 0 spiro atoms. The van der Waals surface area contributed by atoms with Crippen LogP contribution in [0.2, 0.25) is 0 Å². The van der Waals surface area contributed by atoms with E-state index in [2.05, 4.69) is 41.6 Å². The number of rotatable bonds is 3. The van der Waals surface area contributed by atoms with Gasteiger partial charge in [-0.15, -0.1) is 0 Å². The number of aryl methyl sites for hydroxylation is 4. The summed E-state index contributed by atoms with van der Waals surface area (Å²) in [6.45, 7) is 4.36. The van der Waals surface area contributed by atoms with Crippen LogP contribution in [0.1, 0.15) is 22.5 Å². The van der Waals surface area contributed by atoms with Crippen molar-refractivity contribution in [3.63, 3.8) is 0 Å². The van der Waals surface area contributed by atoms with Crippen molar-refractivity contribution in [2.45, 2.75) is 26.7 Å². The molecule has 2 heteroatoms. The van der Waals surface area contributed by atoms with Gasteiger partial charge in [-0.25, -0.2) is 4.98 Å². The molecule has 0 aliphatic rings. The van der Waals surface area contributed by atoms with E-state index in [1.165, 1.54) is 16.7 Å². The third-order valence-electron chi connectivity index (χ3n) is 3.26. The lowest BCUT2D eigenvalue weighted by Crippen LogP contribution is -2.01. The first-order chi connectivity index (χ1) is 7.68. The number of nitrogens with zero attached hydrogens (tertiary/aromatic N) is 2. The lowest BCUT2D eigenvalue weighted by atomic mass is 10.00. The fourth-order valence-corrected chi connectivity index (χ4v) is 1.97. The molecule has 0 saturated heterocycles. The van der Waals surface area contributed by atoms with Crippen LogP contribution in [0, 0.1) is 13.8 Å². The Morgan fingerprint density at radius 3 is 2.69 bits per heavy atom. The summed E-state index contributed by atoms with van der Waals surface area (Å²) in [7, 11) is 2.05. The molecule has 84 valence electrons. The zero-order valence-electron chi connectivity index (χ0n) is 10.2. The highest BCUT2D eigenvalue weighted by molar-refractivity contribution is 5.33. The maximum atomic E-state index is 4.35. The molecule has 0 unspecified atom stereocenters. The summed E-state index contributed by atoms with van der Waals surface area (Å²) in [6, 6.07) is 6.51. The summed E-state index contributed by atoms with van der Waals surface area (Å²) in [5, 5.41) is 0. The van der Waals surface area contributed by atoms with Crippen LogP contribution in [0.3, 0.4) is 0 Å². The minimum absolute atomic E-state index is 1.01. The van der Waals surface area contributed by atoms with Crippen molar-refractivity contribution in [3.8, 4) is 0 Å². The Balaban J connectivity index is 2.11. The van der Waals surface area contributed by atoms with E-state index in [9.17, 15) is 0 Å². The van der Waals surface area contributed by atoms with Crippen LogP contribution in [0.25, 0.3) is 0 Å². The van der Waals surface area contributed by atoms with E-state index in [1.54, 1.807) is 0 Å². The van der Waals surface area contributed by atoms with Gasteiger partial charge in [0, 0.05) is 25.9 Å². The molecule has 1 heterocycles. The van der Waals surface area contributed by atoms with Gasteiger partial charge in [-0.05, 0) is 37.0 Å². The molecular formula is C14H18N2. The Hall–Kier alpha value is -1.57. The second-order valence-corrected chi connectivity index (χ2v) is 4.31. The maximum absolute atomic E-state index is 4.35. The van der Waals surface area contributed by atoms with E-state index >= 15 is 0 Å². The third-order valence-corrected chi connectivity index (χ3v) is 3.26. The van der Waals surface area contributed by atoms with Gasteiger partial charge in [0.05, 0.1) is 0 Å². The molecule has 0 radical (unpaired) electrons. The monoisotopic (exact) mass is 214 g/mol. The molecule has 16 heavy (non-hydrogen) atoms. The normalized spacial score (nSPS) is 10.7. The van der Waals surface area contributed by atoms with Crippen molar-refractivity contribution in [2.75, 3.05) is 0 Å². The van der Waals surface area contributed by atoms with Gasteiger partial charge in [-0.1, -0.05) is 18.2 Å². The first-order valence-corrected chi connectivity index (χ1v) is 5.70. The first-order valence-electron chi connectivity index (χ1n) is 5.70. The zero-order chi connectivity index (χ0) is 11.5. The highest BCUT2D eigenvalue weighted by Gasteiger charge is 2.03. The van der Waals surface area contributed by atoms with Crippen LogP contribution in [0.4, 0.5) is 0 Å². The van der Waals surface area contributed by atoms with E-state index in [1.807, 2.05) is 19.4 Å². The van der Waals surface area contributed by atoms with Crippen molar-refractivity contribution in [1.82, 2.24) is 9.55 Å². The van der Waals surface area contributed by atoms with Crippen molar-refractivity contribution in [1.29, 1.82) is 0 Å². The summed E-state index contributed by atoms with van der Waals surface area (Å²) in [4.78, 5) is 4.35. The molecule has 0 bridgehead atoms. The standard InChI is InChI=1S/C14H18N2/c1-11-5-4-6-13(12(11)2)7-8-14-15-9-10-16(14)3/h4-6,9-10H,7-8H2,1-3H3. The average molecular weight is 214 g/mol. The predicted octanol–water partition coefficient (Wildman–Crippen LogP) is 2.82. The molecule has 0 N–H and O–H groups in total. The van der Waals surface area contributed by atoms with Gasteiger partial charge in [-0.2, -0.15) is 0 Å². The molecule has 0 atom stereocenters. The lowest BCUT2D eigenvalue weighted by Gasteiger charge is -2.08. The first kappa shape index (κ1) is 10.9. The van der Waals surface area contributed by atoms with Crippen LogP contribution in [-0.4, -0.2) is 9.55 Å². The maximum Gasteiger partial charge on any atom is 0.108 e. The second kappa shape index (κ2) is 4.52. The largest absolute Gasteiger partial charge is 0.338 e. The number of aromatic nitrogens is 2. The Morgan fingerprint density at radius 1 is 1.19 bits per heavy atom. The third kappa shape index (κ3) is 2.16. The average Bonchev–Trinajstić information content (AvgIpc) is 2.67. The lowest BCUT2D eigenvalue weighted by molar-refractivity contribution is 0.769. The Labute approximate surface area is 97.0 Å². The van der Waals surface area contributed by atoms with E-state index in [0.29, 0.717) is 0 Å². The molecule has 2 aromatic rings. The molecule has 0 fully saturated rings.